The van der Waals surface area contributed by atoms with Crippen molar-refractivity contribution in [2.45, 2.75) is 20.8 Å². The first kappa shape index (κ1) is 11.5. The van der Waals surface area contributed by atoms with Crippen LogP contribution in [-0.2, 0) is 0 Å². The third-order valence-electron chi connectivity index (χ3n) is 1.58. The number of benzene rings is 1. The van der Waals surface area contributed by atoms with Gasteiger partial charge in [-0.15, -0.1) is 0 Å². The zero-order valence-corrected chi connectivity index (χ0v) is 10.2. The van der Waals surface area contributed by atoms with Gasteiger partial charge in [0, 0.05) is 4.47 Å². The average molecular weight is 225 g/mol. The van der Waals surface area contributed by atoms with Crippen LogP contribution in [0.1, 0.15) is 19.5 Å². The van der Waals surface area contributed by atoms with E-state index >= 15 is 0 Å². The molecule has 2 heteroatoms. The molecule has 1 aromatic carbocycles. The normalized spacial score (nSPS) is 9.09. The van der Waals surface area contributed by atoms with Crippen LogP contribution in [-0.4, -0.2) is 23.1 Å². The van der Waals surface area contributed by atoms with Crippen LogP contribution >= 0.6 is 15.9 Å². The van der Waals surface area contributed by atoms with Crippen molar-refractivity contribution in [3.05, 3.63) is 33.3 Å². The van der Waals surface area contributed by atoms with Gasteiger partial charge in [-0.05, 0) is 31.9 Å². The summed E-state index contributed by atoms with van der Waals surface area (Å²) in [5, 5.41) is 0. The van der Waals surface area contributed by atoms with E-state index in [1.165, 1.54) is 21.2 Å². The van der Waals surface area contributed by atoms with Gasteiger partial charge in [0.25, 0.3) is 0 Å². The molecule has 0 N–H and O–H groups in total. The summed E-state index contributed by atoms with van der Waals surface area (Å²) in [5.74, 6) is 0. The van der Waals surface area contributed by atoms with Crippen LogP contribution < -0.4 is 0 Å². The SMILES string of the molecule is Cc1cc(C)c(Br)c(C)c1.[H-].[H-].[Mg+2]. The molecular weight excluding hydrogens is 212 g/mol. The minimum atomic E-state index is 0. The molecule has 58 valence electrons. The summed E-state index contributed by atoms with van der Waals surface area (Å²) in [6.07, 6.45) is 0. The molecular formula is C9H13BrMg. The number of aryl methyl sites for hydroxylation is 3. The summed E-state index contributed by atoms with van der Waals surface area (Å²) in [6.45, 7) is 6.35. The average Bonchev–Trinajstić information content (AvgIpc) is 1.82. The van der Waals surface area contributed by atoms with Crippen LogP contribution in [0.2, 0.25) is 0 Å². The van der Waals surface area contributed by atoms with Crippen molar-refractivity contribution in [2.24, 2.45) is 0 Å². The van der Waals surface area contributed by atoms with Crippen molar-refractivity contribution < 1.29 is 2.85 Å². The van der Waals surface area contributed by atoms with Gasteiger partial charge < -0.3 is 2.85 Å². The molecule has 0 aliphatic heterocycles. The van der Waals surface area contributed by atoms with Gasteiger partial charge in [-0.1, -0.05) is 33.6 Å². The van der Waals surface area contributed by atoms with Gasteiger partial charge in [0.1, 0.15) is 0 Å². The zero-order chi connectivity index (χ0) is 7.72. The molecule has 0 spiro atoms. The molecule has 1 aromatic rings. The van der Waals surface area contributed by atoms with E-state index in [-0.39, 0.29) is 25.9 Å². The Balaban J connectivity index is -0.000000333. The number of hydrogen-bond acceptors (Lipinski definition) is 0. The molecule has 0 saturated carbocycles. The van der Waals surface area contributed by atoms with E-state index in [0.717, 1.165) is 0 Å². The summed E-state index contributed by atoms with van der Waals surface area (Å²) in [4.78, 5) is 0. The summed E-state index contributed by atoms with van der Waals surface area (Å²) in [5.41, 5.74) is 3.97. The van der Waals surface area contributed by atoms with E-state index in [4.69, 9.17) is 0 Å². The summed E-state index contributed by atoms with van der Waals surface area (Å²) >= 11 is 3.51. The molecule has 0 fully saturated rings. The molecule has 0 unspecified atom stereocenters. The molecule has 0 aliphatic carbocycles. The van der Waals surface area contributed by atoms with Gasteiger partial charge in [-0.25, -0.2) is 0 Å². The van der Waals surface area contributed by atoms with Crippen molar-refractivity contribution in [3.63, 3.8) is 0 Å². The molecule has 0 nitrogen and oxygen atoms in total. The maximum Gasteiger partial charge on any atom is 2.00 e. The minimum Gasteiger partial charge on any atom is -1.00 e. The standard InChI is InChI=1S/C9H11Br.Mg.2H/c1-6-4-7(2)9(10)8(3)5-6;;;/h4-5H,1-3H3;;;/q;+2;2*-1. The Bertz CT molecular complexity index is 241. The Kier molecular flexibility index (Phi) is 4.67. The van der Waals surface area contributed by atoms with Crippen molar-refractivity contribution in [2.75, 3.05) is 0 Å². The summed E-state index contributed by atoms with van der Waals surface area (Å²) < 4.78 is 1.23. The molecule has 0 atom stereocenters. The second-order valence-corrected chi connectivity index (χ2v) is 3.51. The van der Waals surface area contributed by atoms with Crippen molar-refractivity contribution in [3.8, 4) is 0 Å². The van der Waals surface area contributed by atoms with Gasteiger partial charge >= 0.3 is 23.1 Å². The largest absolute Gasteiger partial charge is 2.00 e. The molecule has 1 rings (SSSR count). The van der Waals surface area contributed by atoms with Crippen LogP contribution in [0.3, 0.4) is 0 Å². The second kappa shape index (κ2) is 4.48. The fourth-order valence-electron chi connectivity index (χ4n) is 1.16. The van der Waals surface area contributed by atoms with Crippen molar-refractivity contribution in [1.82, 2.24) is 0 Å². The smallest absolute Gasteiger partial charge is 1.00 e. The van der Waals surface area contributed by atoms with Crippen LogP contribution in [0.15, 0.2) is 16.6 Å². The van der Waals surface area contributed by atoms with Crippen molar-refractivity contribution >= 4 is 39.0 Å². The number of halogens is 1. The van der Waals surface area contributed by atoms with Gasteiger partial charge in [0.05, 0.1) is 0 Å². The molecule has 0 amide bonds. The Morgan fingerprint density at radius 3 is 1.82 bits per heavy atom. The zero-order valence-electron chi connectivity index (χ0n) is 9.24. The maximum absolute atomic E-state index is 3.51. The van der Waals surface area contributed by atoms with Crippen LogP contribution in [0.25, 0.3) is 0 Å². The number of hydrogen-bond donors (Lipinski definition) is 0. The van der Waals surface area contributed by atoms with Gasteiger partial charge in [-0.2, -0.15) is 0 Å². The Morgan fingerprint density at radius 2 is 1.45 bits per heavy atom. The Morgan fingerprint density at radius 1 is 1.09 bits per heavy atom. The molecule has 0 bridgehead atoms. The van der Waals surface area contributed by atoms with E-state index in [0.29, 0.717) is 0 Å². The van der Waals surface area contributed by atoms with E-state index < -0.39 is 0 Å². The molecule has 0 heterocycles. The summed E-state index contributed by atoms with van der Waals surface area (Å²) in [7, 11) is 0. The van der Waals surface area contributed by atoms with Crippen molar-refractivity contribution in [1.29, 1.82) is 0 Å². The first-order chi connectivity index (χ1) is 4.61. The van der Waals surface area contributed by atoms with Gasteiger partial charge in [-0.3, -0.25) is 0 Å². The number of rotatable bonds is 0. The van der Waals surface area contributed by atoms with E-state index in [2.05, 4.69) is 48.8 Å². The first-order valence-corrected chi connectivity index (χ1v) is 4.14. The van der Waals surface area contributed by atoms with E-state index in [9.17, 15) is 0 Å². The van der Waals surface area contributed by atoms with Crippen LogP contribution in [0.4, 0.5) is 0 Å². The quantitative estimate of drug-likeness (QED) is 0.595. The predicted molar refractivity (Wildman–Crippen MR) is 56.3 cm³/mol. The van der Waals surface area contributed by atoms with E-state index in [1.807, 2.05) is 0 Å². The maximum atomic E-state index is 3.51. The second-order valence-electron chi connectivity index (χ2n) is 2.71. The third kappa shape index (κ3) is 2.77. The topological polar surface area (TPSA) is 0 Å². The first-order valence-electron chi connectivity index (χ1n) is 3.34. The Hall–Kier alpha value is 0.466. The molecule has 11 heavy (non-hydrogen) atoms. The summed E-state index contributed by atoms with van der Waals surface area (Å²) in [6, 6.07) is 4.36. The van der Waals surface area contributed by atoms with Crippen LogP contribution in [0, 0.1) is 20.8 Å². The van der Waals surface area contributed by atoms with Crippen LogP contribution in [0.5, 0.6) is 0 Å². The molecule has 0 aliphatic rings. The van der Waals surface area contributed by atoms with Gasteiger partial charge in [0.15, 0.2) is 0 Å². The third-order valence-corrected chi connectivity index (χ3v) is 2.83. The monoisotopic (exact) mass is 224 g/mol. The molecule has 0 aromatic heterocycles. The molecule has 0 saturated heterocycles. The van der Waals surface area contributed by atoms with E-state index in [1.54, 1.807) is 0 Å². The minimum absolute atomic E-state index is 0. The van der Waals surface area contributed by atoms with Gasteiger partial charge in [0.2, 0.25) is 0 Å². The fourth-order valence-corrected chi connectivity index (χ4v) is 1.39. The Labute approximate surface area is 95.6 Å². The molecule has 0 radical (unpaired) electrons. The predicted octanol–water partition coefficient (Wildman–Crippen LogP) is 3.22. The fraction of sp³-hybridized carbons (Fsp3) is 0.333.